The summed E-state index contributed by atoms with van der Waals surface area (Å²) in [6, 6.07) is 3.58. The summed E-state index contributed by atoms with van der Waals surface area (Å²) in [5.41, 5.74) is 0. The Labute approximate surface area is 126 Å². The fourth-order valence-electron chi connectivity index (χ4n) is 3.08. The standard InChI is InChI=1S/C16H26N2O3/c1-12-9-13(2)11-18(10-12)16(19)17-14(6-8-20-3)15-5-4-7-21-15/h4-5,7,12-14H,6,8-11H2,1-3H3,(H,17,19). The monoisotopic (exact) mass is 294 g/mol. The first kappa shape index (κ1) is 15.9. The summed E-state index contributed by atoms with van der Waals surface area (Å²) in [4.78, 5) is 14.4. The van der Waals surface area contributed by atoms with Gasteiger partial charge in [-0.3, -0.25) is 0 Å². The molecule has 118 valence electrons. The Balaban J connectivity index is 1.97. The van der Waals surface area contributed by atoms with Crippen molar-refractivity contribution in [2.45, 2.75) is 32.7 Å². The molecule has 2 rings (SSSR count). The first-order valence-electron chi connectivity index (χ1n) is 7.68. The summed E-state index contributed by atoms with van der Waals surface area (Å²) in [7, 11) is 1.66. The quantitative estimate of drug-likeness (QED) is 0.908. The second kappa shape index (κ2) is 7.50. The van der Waals surface area contributed by atoms with Crippen molar-refractivity contribution in [2.75, 3.05) is 26.8 Å². The third-order valence-electron chi connectivity index (χ3n) is 3.95. The summed E-state index contributed by atoms with van der Waals surface area (Å²) in [5, 5.41) is 3.08. The Morgan fingerprint density at radius 1 is 1.48 bits per heavy atom. The van der Waals surface area contributed by atoms with Crippen LogP contribution in [-0.4, -0.2) is 37.7 Å². The van der Waals surface area contributed by atoms with E-state index >= 15 is 0 Å². The first-order valence-corrected chi connectivity index (χ1v) is 7.68. The predicted octanol–water partition coefficient (Wildman–Crippen LogP) is 3.04. The smallest absolute Gasteiger partial charge is 0.318 e. The van der Waals surface area contributed by atoms with Crippen molar-refractivity contribution in [3.05, 3.63) is 24.2 Å². The van der Waals surface area contributed by atoms with Crippen LogP contribution in [0.3, 0.4) is 0 Å². The highest BCUT2D eigenvalue weighted by atomic mass is 16.5. The number of carbonyl (C=O) groups excluding carboxylic acids is 1. The van der Waals surface area contributed by atoms with Gasteiger partial charge < -0.3 is 19.4 Å². The van der Waals surface area contributed by atoms with Gasteiger partial charge >= 0.3 is 6.03 Å². The van der Waals surface area contributed by atoms with Gasteiger partial charge in [0, 0.05) is 26.8 Å². The maximum absolute atomic E-state index is 12.5. The molecule has 5 nitrogen and oxygen atoms in total. The minimum absolute atomic E-state index is 0.00842. The lowest BCUT2D eigenvalue weighted by atomic mass is 9.92. The van der Waals surface area contributed by atoms with Crippen molar-refractivity contribution in [2.24, 2.45) is 11.8 Å². The average Bonchev–Trinajstić information content (AvgIpc) is 2.96. The van der Waals surface area contributed by atoms with E-state index in [1.54, 1.807) is 13.4 Å². The summed E-state index contributed by atoms with van der Waals surface area (Å²) >= 11 is 0. The molecule has 2 amide bonds. The van der Waals surface area contributed by atoms with Crippen LogP contribution in [0.4, 0.5) is 4.79 Å². The van der Waals surface area contributed by atoms with Gasteiger partial charge in [-0.1, -0.05) is 13.8 Å². The molecule has 0 radical (unpaired) electrons. The van der Waals surface area contributed by atoms with E-state index in [4.69, 9.17) is 9.15 Å². The predicted molar refractivity (Wildman–Crippen MR) is 81.0 cm³/mol. The maximum atomic E-state index is 12.5. The number of amides is 2. The lowest BCUT2D eigenvalue weighted by molar-refractivity contribution is 0.137. The van der Waals surface area contributed by atoms with E-state index in [1.807, 2.05) is 17.0 Å². The van der Waals surface area contributed by atoms with Gasteiger partial charge in [0.15, 0.2) is 0 Å². The van der Waals surface area contributed by atoms with Gasteiger partial charge in [-0.25, -0.2) is 4.79 Å². The molecule has 1 aliphatic heterocycles. The van der Waals surface area contributed by atoms with E-state index in [9.17, 15) is 4.79 Å². The van der Waals surface area contributed by atoms with Crippen LogP contribution < -0.4 is 5.32 Å². The fraction of sp³-hybridized carbons (Fsp3) is 0.688. The van der Waals surface area contributed by atoms with Crippen LogP contribution in [0.15, 0.2) is 22.8 Å². The molecule has 3 atom stereocenters. The maximum Gasteiger partial charge on any atom is 0.318 e. The van der Waals surface area contributed by atoms with E-state index < -0.39 is 0 Å². The minimum Gasteiger partial charge on any atom is -0.467 e. The number of methoxy groups -OCH3 is 1. The van der Waals surface area contributed by atoms with Crippen LogP contribution in [0.2, 0.25) is 0 Å². The van der Waals surface area contributed by atoms with E-state index in [-0.39, 0.29) is 12.1 Å². The van der Waals surface area contributed by atoms with Crippen LogP contribution in [0.25, 0.3) is 0 Å². The van der Waals surface area contributed by atoms with Gasteiger partial charge in [-0.15, -0.1) is 0 Å². The molecule has 1 fully saturated rings. The van der Waals surface area contributed by atoms with Crippen molar-refractivity contribution in [1.29, 1.82) is 0 Å². The third-order valence-corrected chi connectivity index (χ3v) is 3.95. The molecule has 21 heavy (non-hydrogen) atoms. The molecule has 3 unspecified atom stereocenters. The number of likely N-dealkylation sites (tertiary alicyclic amines) is 1. The number of rotatable bonds is 5. The van der Waals surface area contributed by atoms with Crippen LogP contribution in [0.5, 0.6) is 0 Å². The summed E-state index contributed by atoms with van der Waals surface area (Å²) < 4.78 is 10.6. The van der Waals surface area contributed by atoms with Crippen LogP contribution in [0, 0.1) is 11.8 Å². The van der Waals surface area contributed by atoms with Crippen molar-refractivity contribution < 1.29 is 13.9 Å². The second-order valence-corrected chi connectivity index (χ2v) is 6.15. The molecule has 0 aromatic carbocycles. The Hall–Kier alpha value is -1.49. The molecule has 1 N–H and O–H groups in total. The lowest BCUT2D eigenvalue weighted by Gasteiger charge is -2.35. The minimum atomic E-state index is -0.139. The van der Waals surface area contributed by atoms with Crippen LogP contribution >= 0.6 is 0 Å². The Morgan fingerprint density at radius 3 is 2.76 bits per heavy atom. The number of ether oxygens (including phenoxy) is 1. The van der Waals surface area contributed by atoms with Crippen molar-refractivity contribution >= 4 is 6.03 Å². The van der Waals surface area contributed by atoms with Gasteiger partial charge in [0.2, 0.25) is 0 Å². The van der Waals surface area contributed by atoms with Crippen molar-refractivity contribution in [3.8, 4) is 0 Å². The highest BCUT2D eigenvalue weighted by Crippen LogP contribution is 2.22. The number of piperidine rings is 1. The Morgan fingerprint density at radius 2 is 2.19 bits per heavy atom. The number of nitrogens with zero attached hydrogens (tertiary/aromatic N) is 1. The number of carbonyl (C=O) groups is 1. The van der Waals surface area contributed by atoms with E-state index in [1.165, 1.54) is 6.42 Å². The summed E-state index contributed by atoms with van der Waals surface area (Å²) in [6.45, 7) is 6.63. The second-order valence-electron chi connectivity index (χ2n) is 6.15. The molecule has 1 aromatic rings. The van der Waals surface area contributed by atoms with Crippen LogP contribution in [-0.2, 0) is 4.74 Å². The first-order chi connectivity index (χ1) is 10.1. The molecule has 0 saturated carbocycles. The molecule has 1 saturated heterocycles. The fourth-order valence-corrected chi connectivity index (χ4v) is 3.08. The van der Waals surface area contributed by atoms with Gasteiger partial charge in [-0.05, 0) is 36.8 Å². The molecule has 1 aromatic heterocycles. The number of hydrogen-bond donors (Lipinski definition) is 1. The van der Waals surface area contributed by atoms with E-state index in [0.717, 1.165) is 18.8 Å². The highest BCUT2D eigenvalue weighted by molar-refractivity contribution is 5.74. The highest BCUT2D eigenvalue weighted by Gasteiger charge is 2.27. The van der Waals surface area contributed by atoms with Gasteiger partial charge in [-0.2, -0.15) is 0 Å². The summed E-state index contributed by atoms with van der Waals surface area (Å²) in [6.07, 6.45) is 3.52. The SMILES string of the molecule is COCCC(NC(=O)N1CC(C)CC(C)C1)c1ccco1. The molecular formula is C16H26N2O3. The summed E-state index contributed by atoms with van der Waals surface area (Å²) in [5.74, 6) is 1.89. The molecule has 2 heterocycles. The zero-order valence-corrected chi connectivity index (χ0v) is 13.2. The number of urea groups is 1. The zero-order chi connectivity index (χ0) is 15.2. The zero-order valence-electron chi connectivity index (χ0n) is 13.2. The van der Waals surface area contributed by atoms with Gasteiger partial charge in [0.1, 0.15) is 5.76 Å². The molecular weight excluding hydrogens is 268 g/mol. The number of nitrogens with one attached hydrogen (secondary N) is 1. The lowest BCUT2D eigenvalue weighted by Crippen LogP contribution is -2.48. The molecule has 0 spiro atoms. The number of hydrogen-bond acceptors (Lipinski definition) is 3. The third kappa shape index (κ3) is 4.49. The largest absolute Gasteiger partial charge is 0.467 e. The van der Waals surface area contributed by atoms with Gasteiger partial charge in [0.25, 0.3) is 0 Å². The molecule has 0 bridgehead atoms. The van der Waals surface area contributed by atoms with Crippen molar-refractivity contribution in [1.82, 2.24) is 10.2 Å². The van der Waals surface area contributed by atoms with Crippen molar-refractivity contribution in [3.63, 3.8) is 0 Å². The molecule has 5 heteroatoms. The van der Waals surface area contributed by atoms with Gasteiger partial charge in [0.05, 0.1) is 12.3 Å². The number of furan rings is 1. The Bertz CT molecular complexity index is 423. The normalized spacial score (nSPS) is 23.9. The molecule has 1 aliphatic rings. The van der Waals surface area contributed by atoms with E-state index in [0.29, 0.717) is 24.9 Å². The molecule has 0 aliphatic carbocycles. The average molecular weight is 294 g/mol. The topological polar surface area (TPSA) is 54.7 Å². The van der Waals surface area contributed by atoms with Crippen LogP contribution in [0.1, 0.15) is 38.5 Å². The Kier molecular flexibility index (Phi) is 5.67. The van der Waals surface area contributed by atoms with E-state index in [2.05, 4.69) is 19.2 Å².